The highest BCUT2D eigenvalue weighted by Gasteiger charge is 2.23. The van der Waals surface area contributed by atoms with Gasteiger partial charge in [0.05, 0.1) is 5.56 Å². The number of carbonyl (C=O) groups is 2. The van der Waals surface area contributed by atoms with Crippen molar-refractivity contribution in [1.29, 1.82) is 0 Å². The van der Waals surface area contributed by atoms with Crippen molar-refractivity contribution in [3.05, 3.63) is 47.7 Å². The van der Waals surface area contributed by atoms with Gasteiger partial charge in [-0.3, -0.25) is 9.59 Å². The van der Waals surface area contributed by atoms with Crippen LogP contribution in [-0.2, 0) is 4.79 Å². The van der Waals surface area contributed by atoms with Crippen molar-refractivity contribution >= 4 is 35.0 Å². The van der Waals surface area contributed by atoms with Crippen LogP contribution in [0.3, 0.4) is 0 Å². The molecule has 2 amide bonds. The van der Waals surface area contributed by atoms with Gasteiger partial charge in [-0.1, -0.05) is 6.07 Å². The van der Waals surface area contributed by atoms with E-state index >= 15 is 0 Å². The summed E-state index contributed by atoms with van der Waals surface area (Å²) >= 11 is 1.44. The lowest BCUT2D eigenvalue weighted by Gasteiger charge is -2.19. The minimum atomic E-state index is -0.199. The number of anilines is 2. The Balaban J connectivity index is 1.85. The van der Waals surface area contributed by atoms with Crippen LogP contribution in [0.1, 0.15) is 28.8 Å². The molecule has 5 nitrogen and oxygen atoms in total. The van der Waals surface area contributed by atoms with Crippen LogP contribution in [0.25, 0.3) is 0 Å². The molecule has 2 aromatic rings. The largest absolute Gasteiger partial charge is 0.322 e. The number of aromatic nitrogens is 1. The first-order valence-corrected chi connectivity index (χ1v) is 9.04. The summed E-state index contributed by atoms with van der Waals surface area (Å²) in [6.45, 7) is 2.70. The number of hydrogen-bond donors (Lipinski definition) is 1. The second-order valence-electron chi connectivity index (χ2n) is 5.66. The third-order valence-electron chi connectivity index (χ3n) is 4.04. The number of thioether (sulfide) groups is 1. The molecule has 1 aromatic heterocycles. The fourth-order valence-corrected chi connectivity index (χ4v) is 3.35. The number of carbonyl (C=O) groups excluding carboxylic acids is 2. The third-order valence-corrected chi connectivity index (χ3v) is 4.75. The lowest BCUT2D eigenvalue weighted by Crippen LogP contribution is -2.24. The maximum atomic E-state index is 12.5. The number of benzene rings is 1. The summed E-state index contributed by atoms with van der Waals surface area (Å²) in [6, 6.07) is 9.15. The van der Waals surface area contributed by atoms with E-state index in [4.69, 9.17) is 0 Å². The summed E-state index contributed by atoms with van der Waals surface area (Å²) in [5.74, 6) is -0.0616. The molecular formula is C18H19N3O2S. The minimum Gasteiger partial charge on any atom is -0.322 e. The number of nitrogens with zero attached hydrogens (tertiary/aromatic N) is 2. The second-order valence-corrected chi connectivity index (χ2v) is 6.46. The first-order valence-electron chi connectivity index (χ1n) is 7.81. The molecule has 6 heteroatoms. The van der Waals surface area contributed by atoms with Crippen LogP contribution >= 0.6 is 11.8 Å². The Kier molecular flexibility index (Phi) is 4.85. The Morgan fingerprint density at radius 3 is 2.88 bits per heavy atom. The Hall–Kier alpha value is -2.34. The first kappa shape index (κ1) is 16.5. The van der Waals surface area contributed by atoms with Crippen molar-refractivity contribution in [2.45, 2.75) is 24.8 Å². The molecule has 0 spiro atoms. The van der Waals surface area contributed by atoms with Crippen molar-refractivity contribution in [1.82, 2.24) is 4.98 Å². The molecule has 1 aliphatic rings. The maximum absolute atomic E-state index is 12.5. The molecule has 1 fully saturated rings. The lowest BCUT2D eigenvalue weighted by atomic mass is 10.1. The van der Waals surface area contributed by atoms with Gasteiger partial charge in [0.2, 0.25) is 5.91 Å². The molecule has 3 rings (SSSR count). The van der Waals surface area contributed by atoms with Crippen LogP contribution < -0.4 is 10.2 Å². The van der Waals surface area contributed by atoms with Crippen LogP contribution in [0.15, 0.2) is 41.6 Å². The minimum absolute atomic E-state index is 0.138. The third kappa shape index (κ3) is 3.28. The van der Waals surface area contributed by atoms with E-state index in [0.717, 1.165) is 24.2 Å². The van der Waals surface area contributed by atoms with Crippen molar-refractivity contribution in [2.24, 2.45) is 0 Å². The zero-order valence-electron chi connectivity index (χ0n) is 13.7. The monoisotopic (exact) mass is 341 g/mol. The van der Waals surface area contributed by atoms with Gasteiger partial charge in [-0.25, -0.2) is 4.98 Å². The molecular weight excluding hydrogens is 322 g/mol. The second kappa shape index (κ2) is 7.05. The maximum Gasteiger partial charge on any atom is 0.258 e. The molecule has 1 saturated heterocycles. The lowest BCUT2D eigenvalue weighted by molar-refractivity contribution is -0.117. The van der Waals surface area contributed by atoms with Gasteiger partial charge in [0.25, 0.3) is 5.91 Å². The zero-order chi connectivity index (χ0) is 17.1. The average Bonchev–Trinajstić information content (AvgIpc) is 3.02. The summed E-state index contributed by atoms with van der Waals surface area (Å²) in [4.78, 5) is 30.5. The number of amides is 2. The van der Waals surface area contributed by atoms with Crippen molar-refractivity contribution in [3.63, 3.8) is 0 Å². The van der Waals surface area contributed by atoms with E-state index in [2.05, 4.69) is 10.3 Å². The fraction of sp³-hybridized carbons (Fsp3) is 0.278. The van der Waals surface area contributed by atoms with E-state index in [9.17, 15) is 9.59 Å². The van der Waals surface area contributed by atoms with Crippen LogP contribution in [0.4, 0.5) is 11.4 Å². The Morgan fingerprint density at radius 2 is 2.17 bits per heavy atom. The van der Waals surface area contributed by atoms with E-state index in [1.54, 1.807) is 23.2 Å². The summed E-state index contributed by atoms with van der Waals surface area (Å²) in [6.07, 6.45) is 5.03. The molecule has 24 heavy (non-hydrogen) atoms. The van der Waals surface area contributed by atoms with E-state index in [1.165, 1.54) is 11.8 Å². The number of rotatable bonds is 4. The number of hydrogen-bond acceptors (Lipinski definition) is 4. The summed E-state index contributed by atoms with van der Waals surface area (Å²) < 4.78 is 0. The van der Waals surface area contributed by atoms with E-state index < -0.39 is 0 Å². The summed E-state index contributed by atoms with van der Waals surface area (Å²) in [7, 11) is 0. The Labute approximate surface area is 145 Å². The highest BCUT2D eigenvalue weighted by atomic mass is 32.2. The normalized spacial score (nSPS) is 14.1. The smallest absolute Gasteiger partial charge is 0.258 e. The van der Waals surface area contributed by atoms with Gasteiger partial charge in [0, 0.05) is 30.5 Å². The molecule has 1 N–H and O–H groups in total. The molecule has 124 valence electrons. The molecule has 0 bridgehead atoms. The van der Waals surface area contributed by atoms with E-state index in [0.29, 0.717) is 22.7 Å². The van der Waals surface area contributed by atoms with Crippen LogP contribution in [0.2, 0.25) is 0 Å². The fourth-order valence-electron chi connectivity index (χ4n) is 2.81. The highest BCUT2D eigenvalue weighted by Crippen LogP contribution is 2.28. The predicted octanol–water partition coefficient (Wildman–Crippen LogP) is 3.49. The van der Waals surface area contributed by atoms with Crippen molar-refractivity contribution in [2.75, 3.05) is 23.0 Å². The highest BCUT2D eigenvalue weighted by molar-refractivity contribution is 7.98. The SMILES string of the molecule is CSc1ncccc1C(=O)Nc1ccc(C)c(N2CCCC2=O)c1. The van der Waals surface area contributed by atoms with Gasteiger partial charge < -0.3 is 10.2 Å². The molecule has 1 aromatic carbocycles. The first-order chi connectivity index (χ1) is 11.6. The van der Waals surface area contributed by atoms with Crippen molar-refractivity contribution < 1.29 is 9.59 Å². The number of nitrogens with one attached hydrogen (secondary N) is 1. The van der Waals surface area contributed by atoms with Gasteiger partial charge in [-0.15, -0.1) is 11.8 Å². The standard InChI is InChI=1S/C18H19N3O2S/c1-12-7-8-13(11-15(12)21-10-4-6-16(21)22)20-17(23)14-5-3-9-19-18(14)24-2/h3,5,7-9,11H,4,6,10H2,1-2H3,(H,20,23). The summed E-state index contributed by atoms with van der Waals surface area (Å²) in [5.41, 5.74) is 3.11. The van der Waals surface area contributed by atoms with Gasteiger partial charge >= 0.3 is 0 Å². The van der Waals surface area contributed by atoms with Crippen LogP contribution in [0.5, 0.6) is 0 Å². The zero-order valence-corrected chi connectivity index (χ0v) is 14.5. The van der Waals surface area contributed by atoms with E-state index in [-0.39, 0.29) is 11.8 Å². The topological polar surface area (TPSA) is 62.3 Å². The summed E-state index contributed by atoms with van der Waals surface area (Å²) in [5, 5.41) is 3.60. The van der Waals surface area contributed by atoms with Crippen molar-refractivity contribution in [3.8, 4) is 0 Å². The van der Waals surface area contributed by atoms with Crippen LogP contribution in [-0.4, -0.2) is 29.6 Å². The molecule has 0 unspecified atom stereocenters. The van der Waals surface area contributed by atoms with E-state index in [1.807, 2.05) is 31.4 Å². The molecule has 0 aliphatic carbocycles. The van der Waals surface area contributed by atoms with Gasteiger partial charge in [0.1, 0.15) is 5.03 Å². The molecule has 0 saturated carbocycles. The van der Waals surface area contributed by atoms with Gasteiger partial charge in [-0.2, -0.15) is 0 Å². The van der Waals surface area contributed by atoms with Gasteiger partial charge in [-0.05, 0) is 49.4 Å². The Bertz CT molecular complexity index is 792. The number of aryl methyl sites for hydroxylation is 1. The quantitative estimate of drug-likeness (QED) is 0.865. The molecule has 0 atom stereocenters. The molecule has 1 aliphatic heterocycles. The average molecular weight is 341 g/mol. The van der Waals surface area contributed by atoms with Crippen LogP contribution in [0, 0.1) is 6.92 Å². The Morgan fingerprint density at radius 1 is 1.33 bits per heavy atom. The molecule has 0 radical (unpaired) electrons. The number of pyridine rings is 1. The van der Waals surface area contributed by atoms with Gasteiger partial charge in [0.15, 0.2) is 0 Å². The predicted molar refractivity (Wildman–Crippen MR) is 96.7 cm³/mol. The molecule has 2 heterocycles.